The fraction of sp³-hybridized carbons (Fsp3) is 0.429. The van der Waals surface area contributed by atoms with Gasteiger partial charge in [0.1, 0.15) is 11.4 Å². The van der Waals surface area contributed by atoms with Crippen LogP contribution in [0.2, 0.25) is 0 Å². The van der Waals surface area contributed by atoms with Gasteiger partial charge in [-0.25, -0.2) is 9.48 Å². The second kappa shape index (κ2) is 11.0. The number of aromatic nitrogens is 3. The molecule has 2 fully saturated rings. The minimum atomic E-state index is -0.154. The quantitative estimate of drug-likeness (QED) is 0.431. The van der Waals surface area contributed by atoms with E-state index in [4.69, 9.17) is 9.47 Å². The Balaban J connectivity index is 1.23. The van der Waals surface area contributed by atoms with E-state index >= 15 is 0 Å². The average molecular weight is 504 g/mol. The van der Waals surface area contributed by atoms with Crippen molar-refractivity contribution in [1.82, 2.24) is 24.8 Å². The van der Waals surface area contributed by atoms with Crippen LogP contribution in [0.3, 0.4) is 0 Å². The molecule has 9 nitrogen and oxygen atoms in total. The second-order valence-corrected chi connectivity index (χ2v) is 9.77. The molecule has 1 saturated heterocycles. The van der Waals surface area contributed by atoms with Crippen molar-refractivity contribution in [3.8, 4) is 17.0 Å². The van der Waals surface area contributed by atoms with Crippen molar-refractivity contribution < 1.29 is 19.1 Å². The van der Waals surface area contributed by atoms with E-state index in [0.29, 0.717) is 32.6 Å². The van der Waals surface area contributed by atoms with Crippen LogP contribution in [0, 0.1) is 5.92 Å². The maximum absolute atomic E-state index is 13.1. The first-order valence-corrected chi connectivity index (χ1v) is 12.8. The molecule has 0 bridgehead atoms. The molecule has 0 spiro atoms. The Morgan fingerprint density at radius 2 is 1.73 bits per heavy atom. The number of carbonyl (C=O) groups excluding carboxylic acids is 2. The summed E-state index contributed by atoms with van der Waals surface area (Å²) in [4.78, 5) is 28.7. The lowest BCUT2D eigenvalue weighted by molar-refractivity contribution is -0.147. The first kappa shape index (κ1) is 24.8. The van der Waals surface area contributed by atoms with Gasteiger partial charge >= 0.3 is 12.0 Å². The minimum Gasteiger partial charge on any atom is -0.490 e. The minimum absolute atomic E-state index is 0.00390. The lowest BCUT2D eigenvalue weighted by Crippen LogP contribution is -2.31. The van der Waals surface area contributed by atoms with Crippen LogP contribution in [0.1, 0.15) is 36.9 Å². The highest BCUT2D eigenvalue weighted by Crippen LogP contribution is 2.30. The van der Waals surface area contributed by atoms with Crippen LogP contribution in [0.25, 0.3) is 11.3 Å². The number of ether oxygens (including phenoxy) is 2. The molecule has 2 aliphatic rings. The van der Waals surface area contributed by atoms with Crippen molar-refractivity contribution in [2.24, 2.45) is 13.0 Å². The van der Waals surface area contributed by atoms with Gasteiger partial charge in [0.2, 0.25) is 0 Å². The van der Waals surface area contributed by atoms with Crippen LogP contribution in [0.4, 0.5) is 4.79 Å². The van der Waals surface area contributed by atoms with Crippen molar-refractivity contribution in [1.29, 1.82) is 0 Å². The molecule has 5 rings (SSSR count). The van der Waals surface area contributed by atoms with Gasteiger partial charge in [-0.3, -0.25) is 4.79 Å². The molecule has 37 heavy (non-hydrogen) atoms. The molecule has 3 aromatic rings. The summed E-state index contributed by atoms with van der Waals surface area (Å²) in [6, 6.07) is 17.9. The average Bonchev–Trinajstić information content (AvgIpc) is 3.46. The Morgan fingerprint density at radius 3 is 2.46 bits per heavy atom. The lowest BCUT2D eigenvalue weighted by Gasteiger charge is -2.28. The van der Waals surface area contributed by atoms with E-state index in [9.17, 15) is 9.59 Å². The van der Waals surface area contributed by atoms with Gasteiger partial charge < -0.3 is 19.3 Å². The van der Waals surface area contributed by atoms with Gasteiger partial charge in [-0.1, -0.05) is 35.5 Å². The SMILES string of the molecule is COC(=O)[C@H]1CCC[C@H](Oc2ccc(-c3nnn(C)c3CN3CCN(Cc4ccccc4)C3=O)cc2)C1. The predicted molar refractivity (Wildman–Crippen MR) is 137 cm³/mol. The van der Waals surface area contributed by atoms with E-state index < -0.39 is 0 Å². The molecule has 1 saturated carbocycles. The Morgan fingerprint density at radius 1 is 1.00 bits per heavy atom. The van der Waals surface area contributed by atoms with Crippen molar-refractivity contribution in [2.75, 3.05) is 20.2 Å². The Hall–Kier alpha value is -3.88. The summed E-state index contributed by atoms with van der Waals surface area (Å²) >= 11 is 0. The van der Waals surface area contributed by atoms with Gasteiger partial charge in [0, 0.05) is 32.2 Å². The third-order valence-corrected chi connectivity index (χ3v) is 7.27. The Kier molecular flexibility index (Phi) is 7.39. The van der Waals surface area contributed by atoms with Crippen molar-refractivity contribution >= 4 is 12.0 Å². The number of aryl methyl sites for hydroxylation is 1. The number of esters is 1. The fourth-order valence-electron chi connectivity index (χ4n) is 5.21. The summed E-state index contributed by atoms with van der Waals surface area (Å²) in [6.45, 7) is 2.41. The zero-order valence-corrected chi connectivity index (χ0v) is 21.4. The second-order valence-electron chi connectivity index (χ2n) is 9.77. The van der Waals surface area contributed by atoms with E-state index in [1.807, 2.05) is 71.4 Å². The zero-order valence-electron chi connectivity index (χ0n) is 21.4. The molecule has 194 valence electrons. The highest BCUT2D eigenvalue weighted by atomic mass is 16.5. The lowest BCUT2D eigenvalue weighted by atomic mass is 9.87. The molecule has 1 aromatic heterocycles. The molecular formula is C28H33N5O4. The van der Waals surface area contributed by atoms with Crippen molar-refractivity contribution in [3.05, 3.63) is 65.9 Å². The molecular weight excluding hydrogens is 470 g/mol. The summed E-state index contributed by atoms with van der Waals surface area (Å²) in [7, 11) is 3.29. The first-order chi connectivity index (χ1) is 18.0. The highest BCUT2D eigenvalue weighted by molar-refractivity contribution is 5.77. The van der Waals surface area contributed by atoms with Gasteiger partial charge in [-0.15, -0.1) is 5.10 Å². The number of hydrogen-bond donors (Lipinski definition) is 0. The third kappa shape index (κ3) is 5.60. The van der Waals surface area contributed by atoms with E-state index in [1.165, 1.54) is 7.11 Å². The summed E-state index contributed by atoms with van der Waals surface area (Å²) in [5, 5.41) is 8.63. The monoisotopic (exact) mass is 503 g/mol. The van der Waals surface area contributed by atoms with Crippen molar-refractivity contribution in [3.63, 3.8) is 0 Å². The number of rotatable bonds is 8. The number of nitrogens with zero attached hydrogens (tertiary/aromatic N) is 5. The van der Waals surface area contributed by atoms with Crippen LogP contribution in [0.5, 0.6) is 5.75 Å². The third-order valence-electron chi connectivity index (χ3n) is 7.27. The molecule has 2 heterocycles. The Labute approximate surface area is 217 Å². The fourth-order valence-corrected chi connectivity index (χ4v) is 5.21. The molecule has 9 heteroatoms. The van der Waals surface area contributed by atoms with Gasteiger partial charge in [0.15, 0.2) is 0 Å². The number of hydrogen-bond acceptors (Lipinski definition) is 6. The molecule has 0 unspecified atom stereocenters. The number of amides is 2. The highest BCUT2D eigenvalue weighted by Gasteiger charge is 2.31. The summed E-state index contributed by atoms with van der Waals surface area (Å²) in [5.41, 5.74) is 3.68. The maximum atomic E-state index is 13.1. The zero-order chi connectivity index (χ0) is 25.8. The summed E-state index contributed by atoms with van der Waals surface area (Å²) < 4.78 is 12.8. The van der Waals surface area contributed by atoms with Crippen LogP contribution in [-0.4, -0.2) is 63.1 Å². The molecule has 2 amide bonds. The van der Waals surface area contributed by atoms with E-state index in [2.05, 4.69) is 10.3 Å². The largest absolute Gasteiger partial charge is 0.490 e. The summed E-state index contributed by atoms with van der Waals surface area (Å²) in [5.74, 6) is 0.511. The molecule has 0 N–H and O–H groups in total. The smallest absolute Gasteiger partial charge is 0.320 e. The number of urea groups is 1. The van der Waals surface area contributed by atoms with Gasteiger partial charge in [-0.05, 0) is 55.5 Å². The molecule has 2 atom stereocenters. The van der Waals surface area contributed by atoms with Crippen LogP contribution >= 0.6 is 0 Å². The van der Waals surface area contributed by atoms with Gasteiger partial charge in [0.05, 0.1) is 31.4 Å². The Bertz CT molecular complexity index is 1230. The standard InChI is InChI=1S/C28H33N5O4/c1-31-25(19-33-16-15-32(28(33)35)18-20-7-4-3-5-8-20)26(29-30-31)21-11-13-23(14-12-21)37-24-10-6-9-22(17-24)27(34)36-2/h3-5,7-8,11-14,22,24H,6,9-10,15-19H2,1-2H3/t22-,24-/m0/s1. The van der Waals surface area contributed by atoms with Crippen LogP contribution in [-0.2, 0) is 29.7 Å². The van der Waals surface area contributed by atoms with E-state index in [-0.39, 0.29) is 24.0 Å². The normalized spacial score (nSPS) is 19.8. The molecule has 1 aliphatic heterocycles. The first-order valence-electron chi connectivity index (χ1n) is 12.8. The summed E-state index contributed by atoms with van der Waals surface area (Å²) in [6.07, 6.45) is 3.40. The predicted octanol–water partition coefficient (Wildman–Crippen LogP) is 4.03. The molecule has 2 aromatic carbocycles. The topological polar surface area (TPSA) is 89.8 Å². The van der Waals surface area contributed by atoms with Crippen LogP contribution in [0.15, 0.2) is 54.6 Å². The van der Waals surface area contributed by atoms with Crippen molar-refractivity contribution in [2.45, 2.75) is 44.9 Å². The van der Waals surface area contributed by atoms with Gasteiger partial charge in [-0.2, -0.15) is 0 Å². The number of carbonyl (C=O) groups is 2. The number of methoxy groups -OCH3 is 1. The van der Waals surface area contributed by atoms with Crippen LogP contribution < -0.4 is 4.74 Å². The van der Waals surface area contributed by atoms with E-state index in [0.717, 1.165) is 47.5 Å². The number of benzene rings is 2. The van der Waals surface area contributed by atoms with Gasteiger partial charge in [0.25, 0.3) is 0 Å². The van der Waals surface area contributed by atoms with E-state index in [1.54, 1.807) is 4.68 Å². The maximum Gasteiger partial charge on any atom is 0.320 e. The molecule has 0 radical (unpaired) electrons. The molecule has 1 aliphatic carbocycles.